The zero-order chi connectivity index (χ0) is 16.7. The molecular weight excluding hydrogens is 371 g/mol. The molecule has 8 nitrogen and oxygen atoms in total. The Balaban J connectivity index is 0.00000288. The van der Waals surface area contributed by atoms with Crippen molar-refractivity contribution in [2.45, 2.75) is 19.1 Å². The smallest absolute Gasteiger partial charge is 0.242 e. The van der Waals surface area contributed by atoms with Gasteiger partial charge in [-0.15, -0.1) is 24.8 Å². The molecule has 0 aromatic rings. The number of morpholine rings is 1. The van der Waals surface area contributed by atoms with Gasteiger partial charge in [-0.05, 0) is 6.92 Å². The van der Waals surface area contributed by atoms with Crippen molar-refractivity contribution in [2.24, 2.45) is 0 Å². The first-order valence-electron chi connectivity index (χ1n) is 8.23. The number of amides is 2. The molecule has 2 amide bonds. The number of hydrogen-bond donors (Lipinski definition) is 2. The minimum atomic E-state index is -0.257. The van der Waals surface area contributed by atoms with Crippen LogP contribution in [-0.2, 0) is 19.1 Å². The second-order valence-electron chi connectivity index (χ2n) is 5.95. The van der Waals surface area contributed by atoms with Crippen LogP contribution in [0.5, 0.6) is 0 Å². The average Bonchev–Trinajstić information content (AvgIpc) is 2.56. The van der Waals surface area contributed by atoms with Crippen LogP contribution in [0.25, 0.3) is 0 Å². The lowest BCUT2D eigenvalue weighted by Gasteiger charge is -2.38. The first-order valence-corrected chi connectivity index (χ1v) is 8.23. The highest BCUT2D eigenvalue weighted by Crippen LogP contribution is 2.10. The molecule has 0 aromatic carbocycles. The predicted molar refractivity (Wildman–Crippen MR) is 99.6 cm³/mol. The van der Waals surface area contributed by atoms with E-state index in [0.717, 1.165) is 0 Å². The summed E-state index contributed by atoms with van der Waals surface area (Å²) in [6, 6.07) is -0.257. The molecule has 2 N–H and O–H groups in total. The summed E-state index contributed by atoms with van der Waals surface area (Å²) in [5.74, 6) is 0.0965. The van der Waals surface area contributed by atoms with Gasteiger partial charge in [0.2, 0.25) is 11.8 Å². The topological polar surface area (TPSA) is 83.1 Å². The molecule has 2 saturated heterocycles. The van der Waals surface area contributed by atoms with Gasteiger partial charge in [0, 0.05) is 46.4 Å². The highest BCUT2D eigenvalue weighted by Gasteiger charge is 2.33. The summed E-state index contributed by atoms with van der Waals surface area (Å²) < 4.78 is 10.4. The van der Waals surface area contributed by atoms with Gasteiger partial charge in [0.1, 0.15) is 6.04 Å². The summed E-state index contributed by atoms with van der Waals surface area (Å²) in [4.78, 5) is 28.2. The van der Waals surface area contributed by atoms with E-state index >= 15 is 0 Å². The Bertz CT molecular complexity index is 409. The minimum Gasteiger partial charge on any atom is -0.383 e. The van der Waals surface area contributed by atoms with Crippen molar-refractivity contribution < 1.29 is 19.1 Å². The Morgan fingerprint density at radius 2 is 1.92 bits per heavy atom. The molecule has 25 heavy (non-hydrogen) atoms. The summed E-state index contributed by atoms with van der Waals surface area (Å²) in [6.07, 6.45) is -0.0964. The number of methoxy groups -OCH3 is 1. The predicted octanol–water partition coefficient (Wildman–Crippen LogP) is -0.886. The molecular formula is C15H30Cl2N4O4. The summed E-state index contributed by atoms with van der Waals surface area (Å²) in [5.41, 5.74) is 0. The van der Waals surface area contributed by atoms with Gasteiger partial charge in [0.05, 0.1) is 25.9 Å². The van der Waals surface area contributed by atoms with Crippen LogP contribution in [0.15, 0.2) is 0 Å². The maximum absolute atomic E-state index is 12.5. The number of piperazine rings is 1. The lowest BCUT2D eigenvalue weighted by molar-refractivity contribution is -0.141. The van der Waals surface area contributed by atoms with Gasteiger partial charge in [0.15, 0.2) is 0 Å². The summed E-state index contributed by atoms with van der Waals surface area (Å²) in [7, 11) is 1.61. The van der Waals surface area contributed by atoms with Gasteiger partial charge in [-0.2, -0.15) is 0 Å². The lowest BCUT2D eigenvalue weighted by atomic mass is 10.1. The molecule has 148 valence electrons. The molecule has 2 aliphatic heterocycles. The summed E-state index contributed by atoms with van der Waals surface area (Å²) in [6.45, 7) is 7.42. The third-order valence-electron chi connectivity index (χ3n) is 4.26. The van der Waals surface area contributed by atoms with Crippen molar-refractivity contribution in [1.29, 1.82) is 0 Å². The lowest BCUT2D eigenvalue weighted by Crippen LogP contribution is -2.60. The van der Waals surface area contributed by atoms with Crippen molar-refractivity contribution in [3.8, 4) is 0 Å². The second-order valence-corrected chi connectivity index (χ2v) is 5.95. The van der Waals surface area contributed by atoms with Gasteiger partial charge in [0.25, 0.3) is 0 Å². The second kappa shape index (κ2) is 12.7. The van der Waals surface area contributed by atoms with Crippen LogP contribution in [0.2, 0.25) is 0 Å². The minimum absolute atomic E-state index is 0. The van der Waals surface area contributed by atoms with Crippen LogP contribution >= 0.6 is 24.8 Å². The molecule has 0 saturated carbocycles. The Hall–Kier alpha value is -0.640. The van der Waals surface area contributed by atoms with E-state index in [1.807, 2.05) is 11.8 Å². The molecule has 2 fully saturated rings. The van der Waals surface area contributed by atoms with Crippen LogP contribution in [0.3, 0.4) is 0 Å². The molecule has 0 aromatic heterocycles. The summed E-state index contributed by atoms with van der Waals surface area (Å²) >= 11 is 0. The van der Waals surface area contributed by atoms with E-state index in [9.17, 15) is 9.59 Å². The fourth-order valence-corrected chi connectivity index (χ4v) is 2.88. The monoisotopic (exact) mass is 400 g/mol. The number of hydrogen-bond acceptors (Lipinski definition) is 6. The highest BCUT2D eigenvalue weighted by atomic mass is 35.5. The van der Waals surface area contributed by atoms with E-state index in [-0.39, 0.29) is 48.8 Å². The molecule has 0 bridgehead atoms. The van der Waals surface area contributed by atoms with E-state index in [4.69, 9.17) is 9.47 Å². The van der Waals surface area contributed by atoms with E-state index in [2.05, 4.69) is 15.5 Å². The zero-order valence-electron chi connectivity index (χ0n) is 14.9. The van der Waals surface area contributed by atoms with E-state index in [1.165, 1.54) is 0 Å². The molecule has 2 rings (SSSR count). The molecule has 2 atom stereocenters. The molecule has 0 unspecified atom stereocenters. The van der Waals surface area contributed by atoms with Gasteiger partial charge >= 0.3 is 0 Å². The van der Waals surface area contributed by atoms with Gasteiger partial charge in [-0.25, -0.2) is 0 Å². The Morgan fingerprint density at radius 1 is 1.24 bits per heavy atom. The number of ether oxygens (including phenoxy) is 2. The van der Waals surface area contributed by atoms with Crippen LogP contribution in [0.4, 0.5) is 0 Å². The first-order chi connectivity index (χ1) is 11.1. The van der Waals surface area contributed by atoms with Crippen LogP contribution in [0.1, 0.15) is 6.92 Å². The number of carbonyl (C=O) groups is 2. The maximum Gasteiger partial charge on any atom is 0.242 e. The Morgan fingerprint density at radius 3 is 2.52 bits per heavy atom. The molecule has 0 radical (unpaired) electrons. The number of halogens is 2. The molecule has 2 aliphatic rings. The Labute approximate surface area is 161 Å². The normalized spacial score (nSPS) is 24.0. The number of nitrogens with one attached hydrogen (secondary N) is 2. The van der Waals surface area contributed by atoms with Gasteiger partial charge in [-0.3, -0.25) is 14.5 Å². The number of rotatable bonds is 6. The van der Waals surface area contributed by atoms with Gasteiger partial charge in [-0.1, -0.05) is 0 Å². The number of nitrogens with zero attached hydrogens (tertiary/aromatic N) is 2. The molecule has 10 heteroatoms. The molecule has 2 heterocycles. The number of carbonyl (C=O) groups excluding carboxylic acids is 2. The van der Waals surface area contributed by atoms with Crippen molar-refractivity contribution in [2.75, 3.05) is 66.1 Å². The highest BCUT2D eigenvalue weighted by molar-refractivity contribution is 5.85. The van der Waals surface area contributed by atoms with E-state index in [0.29, 0.717) is 59.0 Å². The molecule has 0 aliphatic carbocycles. The van der Waals surface area contributed by atoms with Crippen molar-refractivity contribution in [1.82, 2.24) is 20.4 Å². The van der Waals surface area contributed by atoms with Gasteiger partial charge < -0.3 is 25.0 Å². The molecule has 0 spiro atoms. The van der Waals surface area contributed by atoms with Crippen LogP contribution < -0.4 is 10.6 Å². The van der Waals surface area contributed by atoms with Crippen LogP contribution in [-0.4, -0.2) is 99.9 Å². The maximum atomic E-state index is 12.5. The largest absolute Gasteiger partial charge is 0.383 e. The average molecular weight is 401 g/mol. The van der Waals surface area contributed by atoms with E-state index < -0.39 is 0 Å². The summed E-state index contributed by atoms with van der Waals surface area (Å²) in [5, 5.41) is 6.04. The fourth-order valence-electron chi connectivity index (χ4n) is 2.88. The quantitative estimate of drug-likeness (QED) is 0.563. The van der Waals surface area contributed by atoms with Crippen molar-refractivity contribution in [3.05, 3.63) is 0 Å². The third kappa shape index (κ3) is 7.64. The van der Waals surface area contributed by atoms with Crippen molar-refractivity contribution in [3.63, 3.8) is 0 Å². The van der Waals surface area contributed by atoms with Crippen LogP contribution in [0, 0.1) is 0 Å². The first kappa shape index (κ1) is 24.4. The zero-order valence-corrected chi connectivity index (χ0v) is 16.5. The van der Waals surface area contributed by atoms with E-state index in [1.54, 1.807) is 7.11 Å². The fraction of sp³-hybridized carbons (Fsp3) is 0.867. The third-order valence-corrected chi connectivity index (χ3v) is 4.26. The SMILES string of the molecule is COCCNC(=O)CN1CCN(C(=O)[C@H]2NCCO[C@@H]2C)CC1.Cl.Cl. The standard InChI is InChI=1S/C15H28N4O4.2ClH/c1-12-14(17-4-10-23-12)15(21)19-7-5-18(6-8-19)11-13(20)16-3-9-22-2;;/h12,14,17H,3-11H2,1-2H3,(H,16,20);2*1H/t12-,14+;;/m1../s1. The van der Waals surface area contributed by atoms with Crippen molar-refractivity contribution >= 4 is 36.6 Å². The Kier molecular flexibility index (Phi) is 12.3.